The first-order valence-electron chi connectivity index (χ1n) is 5.99. The molecule has 104 valence electrons. The molecule has 1 atom stereocenters. The Bertz CT molecular complexity index is 470. The number of halogens is 1. The van der Waals surface area contributed by atoms with Gasteiger partial charge in [0.25, 0.3) is 0 Å². The van der Waals surface area contributed by atoms with Crippen molar-refractivity contribution in [3.63, 3.8) is 0 Å². The topological polar surface area (TPSA) is 74.7 Å². The Morgan fingerprint density at radius 3 is 3.21 bits per heavy atom. The molecule has 6 nitrogen and oxygen atoms in total. The number of carbonyl (C=O) groups is 1. The minimum atomic E-state index is -1.00. The molecule has 2 heterocycles. The molecule has 1 fully saturated rings. The SMILES string of the molecule is CN1CCOC(CNc2ncc(Br)cc2C(=O)O)C1. The summed E-state index contributed by atoms with van der Waals surface area (Å²) in [5.74, 6) is -0.634. The van der Waals surface area contributed by atoms with Gasteiger partial charge in [0, 0.05) is 30.3 Å². The lowest BCUT2D eigenvalue weighted by molar-refractivity contribution is -0.0117. The van der Waals surface area contributed by atoms with Crippen LogP contribution in [0.1, 0.15) is 10.4 Å². The van der Waals surface area contributed by atoms with Gasteiger partial charge in [-0.05, 0) is 29.0 Å². The fraction of sp³-hybridized carbons (Fsp3) is 0.500. The van der Waals surface area contributed by atoms with Crippen molar-refractivity contribution >= 4 is 27.7 Å². The smallest absolute Gasteiger partial charge is 0.339 e. The second-order valence-corrected chi connectivity index (χ2v) is 5.41. The summed E-state index contributed by atoms with van der Waals surface area (Å²) in [6.07, 6.45) is 1.62. The lowest BCUT2D eigenvalue weighted by atomic mass is 10.2. The van der Waals surface area contributed by atoms with Crippen LogP contribution in [0.25, 0.3) is 0 Å². The number of aromatic nitrogens is 1. The van der Waals surface area contributed by atoms with Crippen molar-refractivity contribution in [3.8, 4) is 0 Å². The van der Waals surface area contributed by atoms with E-state index in [2.05, 4.69) is 31.1 Å². The average Bonchev–Trinajstić information content (AvgIpc) is 2.37. The molecule has 2 N–H and O–H groups in total. The predicted molar refractivity (Wildman–Crippen MR) is 74.6 cm³/mol. The van der Waals surface area contributed by atoms with Crippen LogP contribution in [0.3, 0.4) is 0 Å². The van der Waals surface area contributed by atoms with Gasteiger partial charge >= 0.3 is 5.97 Å². The molecule has 1 aromatic heterocycles. The van der Waals surface area contributed by atoms with Crippen LogP contribution in [0.5, 0.6) is 0 Å². The number of morpholine rings is 1. The van der Waals surface area contributed by atoms with Gasteiger partial charge in [0.15, 0.2) is 0 Å². The number of aromatic carboxylic acids is 1. The zero-order chi connectivity index (χ0) is 13.8. The molecular formula is C12H16BrN3O3. The number of hydrogen-bond acceptors (Lipinski definition) is 5. The van der Waals surface area contributed by atoms with Crippen LogP contribution in [0.2, 0.25) is 0 Å². The second-order valence-electron chi connectivity index (χ2n) is 4.49. The molecule has 2 rings (SSSR count). The molecule has 0 bridgehead atoms. The quantitative estimate of drug-likeness (QED) is 0.866. The highest BCUT2D eigenvalue weighted by Gasteiger charge is 2.19. The van der Waals surface area contributed by atoms with Crippen LogP contribution >= 0.6 is 15.9 Å². The number of carboxylic acids is 1. The molecule has 0 aromatic carbocycles. The maximum Gasteiger partial charge on any atom is 0.339 e. The highest BCUT2D eigenvalue weighted by Crippen LogP contribution is 2.18. The summed E-state index contributed by atoms with van der Waals surface area (Å²) in [4.78, 5) is 17.4. The summed E-state index contributed by atoms with van der Waals surface area (Å²) >= 11 is 3.22. The molecule has 0 saturated carbocycles. The first kappa shape index (κ1) is 14.2. The lowest BCUT2D eigenvalue weighted by Gasteiger charge is -2.30. The molecule has 1 saturated heterocycles. The minimum Gasteiger partial charge on any atom is -0.478 e. The predicted octanol–water partition coefficient (Wildman–Crippen LogP) is 1.28. The number of ether oxygens (including phenoxy) is 1. The summed E-state index contributed by atoms with van der Waals surface area (Å²) in [5.41, 5.74) is 0.151. The van der Waals surface area contributed by atoms with Crippen LogP contribution in [0.15, 0.2) is 16.7 Å². The van der Waals surface area contributed by atoms with E-state index in [-0.39, 0.29) is 11.7 Å². The minimum absolute atomic E-state index is 0.0471. The Labute approximate surface area is 119 Å². The van der Waals surface area contributed by atoms with Gasteiger partial charge in [-0.15, -0.1) is 0 Å². The van der Waals surface area contributed by atoms with Gasteiger partial charge in [-0.3, -0.25) is 0 Å². The van der Waals surface area contributed by atoms with Gasteiger partial charge in [0.05, 0.1) is 12.7 Å². The van der Waals surface area contributed by atoms with Gasteiger partial charge in [-0.1, -0.05) is 0 Å². The largest absolute Gasteiger partial charge is 0.478 e. The Morgan fingerprint density at radius 1 is 1.74 bits per heavy atom. The van der Waals surface area contributed by atoms with Gasteiger partial charge < -0.3 is 20.1 Å². The summed E-state index contributed by atoms with van der Waals surface area (Å²) < 4.78 is 6.25. The van der Waals surface area contributed by atoms with E-state index in [1.54, 1.807) is 6.20 Å². The van der Waals surface area contributed by atoms with Crippen LogP contribution in [0.4, 0.5) is 5.82 Å². The third-order valence-electron chi connectivity index (χ3n) is 2.92. The number of nitrogens with one attached hydrogen (secondary N) is 1. The van der Waals surface area contributed by atoms with E-state index in [4.69, 9.17) is 9.84 Å². The normalized spacial score (nSPS) is 20.2. The fourth-order valence-electron chi connectivity index (χ4n) is 1.94. The number of pyridine rings is 1. The maximum atomic E-state index is 11.1. The van der Waals surface area contributed by atoms with Crippen LogP contribution in [0, 0.1) is 0 Å². The molecule has 19 heavy (non-hydrogen) atoms. The van der Waals surface area contributed by atoms with Gasteiger partial charge in [-0.2, -0.15) is 0 Å². The zero-order valence-corrected chi connectivity index (χ0v) is 12.2. The van der Waals surface area contributed by atoms with E-state index in [9.17, 15) is 4.79 Å². The summed E-state index contributed by atoms with van der Waals surface area (Å²) in [6.45, 7) is 2.99. The third-order valence-corrected chi connectivity index (χ3v) is 3.36. The van der Waals surface area contributed by atoms with E-state index in [1.807, 2.05) is 7.05 Å². The van der Waals surface area contributed by atoms with Crippen molar-refractivity contribution in [1.29, 1.82) is 0 Å². The Morgan fingerprint density at radius 2 is 2.53 bits per heavy atom. The Hall–Kier alpha value is -1.18. The van der Waals surface area contributed by atoms with Gasteiger partial charge in [0.2, 0.25) is 0 Å². The van der Waals surface area contributed by atoms with Crippen molar-refractivity contribution in [3.05, 3.63) is 22.3 Å². The monoisotopic (exact) mass is 329 g/mol. The zero-order valence-electron chi connectivity index (χ0n) is 10.6. The molecule has 1 unspecified atom stereocenters. The van der Waals surface area contributed by atoms with Crippen LogP contribution < -0.4 is 5.32 Å². The van der Waals surface area contributed by atoms with E-state index >= 15 is 0 Å². The molecule has 1 aliphatic rings. The van der Waals surface area contributed by atoms with Crippen LogP contribution in [-0.4, -0.2) is 60.4 Å². The van der Waals surface area contributed by atoms with Gasteiger partial charge in [0.1, 0.15) is 11.4 Å². The molecule has 0 radical (unpaired) electrons. The highest BCUT2D eigenvalue weighted by molar-refractivity contribution is 9.10. The molecule has 0 amide bonds. The number of nitrogens with zero attached hydrogens (tertiary/aromatic N) is 2. The van der Waals surface area contributed by atoms with E-state index in [0.717, 1.165) is 13.1 Å². The lowest BCUT2D eigenvalue weighted by Crippen LogP contribution is -2.43. The number of rotatable bonds is 4. The number of anilines is 1. The molecule has 0 aliphatic carbocycles. The molecular weight excluding hydrogens is 314 g/mol. The number of carboxylic acid groups (broad SMARTS) is 1. The maximum absolute atomic E-state index is 11.1. The van der Waals surface area contributed by atoms with E-state index < -0.39 is 5.97 Å². The van der Waals surface area contributed by atoms with Crippen molar-refractivity contribution in [2.24, 2.45) is 0 Å². The van der Waals surface area contributed by atoms with E-state index in [1.165, 1.54) is 6.07 Å². The molecule has 7 heteroatoms. The fourth-order valence-corrected chi connectivity index (χ4v) is 2.28. The van der Waals surface area contributed by atoms with Crippen LogP contribution in [-0.2, 0) is 4.74 Å². The second kappa shape index (κ2) is 6.31. The Balaban J connectivity index is 2.01. The summed E-state index contributed by atoms with van der Waals surface area (Å²) in [5, 5.41) is 12.2. The van der Waals surface area contributed by atoms with Crippen molar-refractivity contribution in [2.75, 3.05) is 38.6 Å². The average molecular weight is 330 g/mol. The molecule has 0 spiro atoms. The van der Waals surface area contributed by atoms with Crippen molar-refractivity contribution in [2.45, 2.75) is 6.10 Å². The number of likely N-dealkylation sites (N-methyl/N-ethyl adjacent to an activating group) is 1. The summed E-state index contributed by atoms with van der Waals surface area (Å²) in [6, 6.07) is 1.53. The summed E-state index contributed by atoms with van der Waals surface area (Å²) in [7, 11) is 2.04. The molecule has 1 aromatic rings. The van der Waals surface area contributed by atoms with Crippen molar-refractivity contribution in [1.82, 2.24) is 9.88 Å². The van der Waals surface area contributed by atoms with Gasteiger partial charge in [-0.25, -0.2) is 9.78 Å². The first-order chi connectivity index (χ1) is 9.06. The first-order valence-corrected chi connectivity index (χ1v) is 6.78. The molecule has 1 aliphatic heterocycles. The highest BCUT2D eigenvalue weighted by atomic mass is 79.9. The Kier molecular flexibility index (Phi) is 4.73. The third kappa shape index (κ3) is 3.89. The number of hydrogen-bond donors (Lipinski definition) is 2. The van der Waals surface area contributed by atoms with E-state index in [0.29, 0.717) is 23.4 Å². The van der Waals surface area contributed by atoms with Crippen molar-refractivity contribution < 1.29 is 14.6 Å². The standard InChI is InChI=1S/C12H16BrN3O3/c1-16-2-3-19-9(7-16)6-15-11-10(12(17)18)4-8(13)5-14-11/h4-5,9H,2-3,6-7H2,1H3,(H,14,15)(H,17,18).